The standard InChI is InChI=1S/C10H15NO2.ClH/c1-3-9(11)8-6-7(13-2)4-5-10(8)12;/h4-6,9,12H,3,11H2,1-2H3;1H/t9-;/m0./s1. The number of aromatic hydroxyl groups is 1. The van der Waals surface area contributed by atoms with Gasteiger partial charge in [0.2, 0.25) is 0 Å². The minimum atomic E-state index is -0.130. The first-order chi connectivity index (χ1) is 6.19. The number of rotatable bonds is 3. The molecule has 14 heavy (non-hydrogen) atoms. The molecule has 0 fully saturated rings. The highest BCUT2D eigenvalue weighted by Gasteiger charge is 2.09. The van der Waals surface area contributed by atoms with Gasteiger partial charge in [-0.25, -0.2) is 0 Å². The highest BCUT2D eigenvalue weighted by molar-refractivity contribution is 5.85. The summed E-state index contributed by atoms with van der Waals surface area (Å²) in [6.07, 6.45) is 0.792. The van der Waals surface area contributed by atoms with Crippen LogP contribution in [0.5, 0.6) is 11.5 Å². The van der Waals surface area contributed by atoms with E-state index < -0.39 is 0 Å². The molecule has 80 valence electrons. The van der Waals surface area contributed by atoms with Crippen molar-refractivity contribution >= 4 is 12.4 Å². The van der Waals surface area contributed by atoms with E-state index >= 15 is 0 Å². The Labute approximate surface area is 90.3 Å². The van der Waals surface area contributed by atoms with Crippen LogP contribution < -0.4 is 10.5 Å². The van der Waals surface area contributed by atoms with Crippen LogP contribution in [0.25, 0.3) is 0 Å². The normalized spacial score (nSPS) is 11.6. The Morgan fingerprint density at radius 3 is 2.64 bits per heavy atom. The van der Waals surface area contributed by atoms with Gasteiger partial charge in [-0.2, -0.15) is 0 Å². The zero-order valence-electron chi connectivity index (χ0n) is 8.36. The van der Waals surface area contributed by atoms with Gasteiger partial charge in [0.1, 0.15) is 11.5 Å². The molecule has 0 aliphatic rings. The Morgan fingerprint density at radius 1 is 1.50 bits per heavy atom. The van der Waals surface area contributed by atoms with Crippen LogP contribution in [0.3, 0.4) is 0 Å². The summed E-state index contributed by atoms with van der Waals surface area (Å²) in [5.41, 5.74) is 6.54. The van der Waals surface area contributed by atoms with Crippen LogP contribution in [0, 0.1) is 0 Å². The van der Waals surface area contributed by atoms with Gasteiger partial charge in [-0.15, -0.1) is 12.4 Å². The number of phenolic OH excluding ortho intramolecular Hbond substituents is 1. The third-order valence-corrected chi connectivity index (χ3v) is 2.07. The Kier molecular flexibility index (Phi) is 5.35. The highest BCUT2D eigenvalue weighted by Crippen LogP contribution is 2.28. The minimum Gasteiger partial charge on any atom is -0.508 e. The van der Waals surface area contributed by atoms with Gasteiger partial charge in [0.15, 0.2) is 0 Å². The molecule has 1 rings (SSSR count). The fourth-order valence-corrected chi connectivity index (χ4v) is 1.18. The van der Waals surface area contributed by atoms with Crippen molar-refractivity contribution in [1.82, 2.24) is 0 Å². The van der Waals surface area contributed by atoms with E-state index in [0.717, 1.165) is 17.7 Å². The zero-order valence-corrected chi connectivity index (χ0v) is 9.17. The molecule has 3 nitrogen and oxygen atoms in total. The lowest BCUT2D eigenvalue weighted by molar-refractivity contribution is 0.409. The number of phenols is 1. The van der Waals surface area contributed by atoms with E-state index in [2.05, 4.69) is 0 Å². The zero-order chi connectivity index (χ0) is 9.84. The molecular weight excluding hydrogens is 202 g/mol. The lowest BCUT2D eigenvalue weighted by Crippen LogP contribution is -2.08. The van der Waals surface area contributed by atoms with Gasteiger partial charge < -0.3 is 15.6 Å². The third kappa shape index (κ3) is 2.79. The first-order valence-corrected chi connectivity index (χ1v) is 4.31. The molecule has 0 saturated carbocycles. The molecule has 1 aromatic carbocycles. The molecule has 0 radical (unpaired) electrons. The molecule has 0 aliphatic heterocycles. The van der Waals surface area contributed by atoms with Crippen molar-refractivity contribution in [3.05, 3.63) is 23.8 Å². The largest absolute Gasteiger partial charge is 0.508 e. The lowest BCUT2D eigenvalue weighted by atomic mass is 10.0. The van der Waals surface area contributed by atoms with E-state index in [-0.39, 0.29) is 24.2 Å². The Bertz CT molecular complexity index is 291. The Morgan fingerprint density at radius 2 is 2.14 bits per heavy atom. The number of nitrogens with two attached hydrogens (primary N) is 1. The van der Waals surface area contributed by atoms with Crippen molar-refractivity contribution < 1.29 is 9.84 Å². The SMILES string of the molecule is CC[C@H](N)c1cc(OC)ccc1O.Cl. The number of ether oxygens (including phenoxy) is 1. The fourth-order valence-electron chi connectivity index (χ4n) is 1.18. The topological polar surface area (TPSA) is 55.5 Å². The molecule has 1 aromatic rings. The van der Waals surface area contributed by atoms with Gasteiger partial charge in [-0.05, 0) is 24.6 Å². The third-order valence-electron chi connectivity index (χ3n) is 2.07. The van der Waals surface area contributed by atoms with Gasteiger partial charge in [-0.1, -0.05) is 6.92 Å². The summed E-state index contributed by atoms with van der Waals surface area (Å²) in [6, 6.07) is 4.95. The van der Waals surface area contributed by atoms with E-state index in [4.69, 9.17) is 10.5 Å². The molecule has 0 unspecified atom stereocenters. The smallest absolute Gasteiger partial charge is 0.120 e. The first-order valence-electron chi connectivity index (χ1n) is 4.31. The summed E-state index contributed by atoms with van der Waals surface area (Å²) >= 11 is 0. The number of benzene rings is 1. The monoisotopic (exact) mass is 217 g/mol. The maximum absolute atomic E-state index is 9.50. The fraction of sp³-hybridized carbons (Fsp3) is 0.400. The summed E-state index contributed by atoms with van der Waals surface area (Å²) in [4.78, 5) is 0. The van der Waals surface area contributed by atoms with Crippen molar-refractivity contribution in [2.75, 3.05) is 7.11 Å². The number of halogens is 1. The maximum atomic E-state index is 9.50. The molecule has 4 heteroatoms. The summed E-state index contributed by atoms with van der Waals surface area (Å²) in [5, 5.41) is 9.50. The second-order valence-electron chi connectivity index (χ2n) is 2.94. The summed E-state index contributed by atoms with van der Waals surface area (Å²) < 4.78 is 5.04. The molecule has 0 aliphatic carbocycles. The Hall–Kier alpha value is -0.930. The van der Waals surface area contributed by atoms with Crippen molar-refractivity contribution in [2.24, 2.45) is 5.73 Å². The molecule has 0 spiro atoms. The van der Waals surface area contributed by atoms with Gasteiger partial charge in [0, 0.05) is 11.6 Å². The predicted octanol–water partition coefficient (Wildman–Crippen LogP) is 2.23. The van der Waals surface area contributed by atoms with Crippen LogP contribution in [-0.4, -0.2) is 12.2 Å². The molecule has 1 atom stereocenters. The average molecular weight is 218 g/mol. The van der Waals surface area contributed by atoms with Crippen LogP contribution in [0.1, 0.15) is 24.9 Å². The predicted molar refractivity (Wildman–Crippen MR) is 59.1 cm³/mol. The van der Waals surface area contributed by atoms with Gasteiger partial charge in [0.25, 0.3) is 0 Å². The lowest BCUT2D eigenvalue weighted by Gasteiger charge is -2.12. The van der Waals surface area contributed by atoms with Crippen LogP contribution in [0.4, 0.5) is 0 Å². The molecule has 0 heterocycles. The molecule has 0 amide bonds. The van der Waals surface area contributed by atoms with E-state index in [1.165, 1.54) is 0 Å². The van der Waals surface area contributed by atoms with Gasteiger partial charge in [0.05, 0.1) is 7.11 Å². The minimum absolute atomic E-state index is 0. The van der Waals surface area contributed by atoms with Crippen LogP contribution >= 0.6 is 12.4 Å². The average Bonchev–Trinajstić information content (AvgIpc) is 2.17. The maximum Gasteiger partial charge on any atom is 0.120 e. The van der Waals surface area contributed by atoms with E-state index in [0.29, 0.717) is 0 Å². The molecule has 0 saturated heterocycles. The summed E-state index contributed by atoms with van der Waals surface area (Å²) in [6.45, 7) is 1.98. The molecule has 3 N–H and O–H groups in total. The quantitative estimate of drug-likeness (QED) is 0.817. The second kappa shape index (κ2) is 5.73. The number of hydrogen-bond donors (Lipinski definition) is 2. The van der Waals surface area contributed by atoms with Crippen LogP contribution in [0.2, 0.25) is 0 Å². The van der Waals surface area contributed by atoms with E-state index in [1.807, 2.05) is 6.92 Å². The van der Waals surface area contributed by atoms with E-state index in [9.17, 15) is 5.11 Å². The molecule has 0 bridgehead atoms. The summed E-state index contributed by atoms with van der Waals surface area (Å²) in [7, 11) is 1.59. The van der Waals surface area contributed by atoms with E-state index in [1.54, 1.807) is 25.3 Å². The summed E-state index contributed by atoms with van der Waals surface area (Å²) in [5.74, 6) is 0.951. The molecule has 0 aromatic heterocycles. The van der Waals surface area contributed by atoms with Gasteiger partial charge >= 0.3 is 0 Å². The Balaban J connectivity index is 0.00000169. The number of methoxy groups -OCH3 is 1. The first kappa shape index (κ1) is 13.1. The van der Waals surface area contributed by atoms with Crippen molar-refractivity contribution in [2.45, 2.75) is 19.4 Å². The van der Waals surface area contributed by atoms with Crippen LogP contribution in [-0.2, 0) is 0 Å². The van der Waals surface area contributed by atoms with Crippen LogP contribution in [0.15, 0.2) is 18.2 Å². The highest BCUT2D eigenvalue weighted by atomic mass is 35.5. The van der Waals surface area contributed by atoms with Gasteiger partial charge in [-0.3, -0.25) is 0 Å². The second-order valence-corrected chi connectivity index (χ2v) is 2.94. The van der Waals surface area contributed by atoms with Crippen molar-refractivity contribution in [3.63, 3.8) is 0 Å². The molecular formula is C10H16ClNO2. The van der Waals surface area contributed by atoms with Crippen molar-refractivity contribution in [3.8, 4) is 11.5 Å². The van der Waals surface area contributed by atoms with Crippen molar-refractivity contribution in [1.29, 1.82) is 0 Å². The number of hydrogen-bond acceptors (Lipinski definition) is 3.